The SMILES string of the molecule is COC(=O)[C@H]1Cc2c([nH]c3ccccc23)[C@H](c2ccc(S(=O)(=O)N[C@]34C[C@H]5C[C@H](C[C@H](C5)C3)C4)cc2)N1C(=O)CCl. The predicted octanol–water partition coefficient (Wildman–Crippen LogP) is 4.67. The van der Waals surface area contributed by atoms with Crippen LogP contribution in [0.3, 0.4) is 0 Å². The minimum absolute atomic E-state index is 0.199. The van der Waals surface area contributed by atoms with E-state index in [4.69, 9.17) is 16.3 Å². The molecule has 8 rings (SSSR count). The van der Waals surface area contributed by atoms with Crippen molar-refractivity contribution in [2.45, 2.75) is 67.5 Å². The number of rotatable bonds is 6. The summed E-state index contributed by atoms with van der Waals surface area (Å²) < 4.78 is 35.6. The molecule has 0 saturated heterocycles. The van der Waals surface area contributed by atoms with Crippen molar-refractivity contribution in [2.24, 2.45) is 17.8 Å². The fraction of sp³-hybridized carbons (Fsp3) is 0.484. The highest BCUT2D eigenvalue weighted by Gasteiger charge is 2.52. The van der Waals surface area contributed by atoms with Gasteiger partial charge in [0.15, 0.2) is 0 Å². The summed E-state index contributed by atoms with van der Waals surface area (Å²) in [6.07, 6.45) is 6.75. The molecular formula is C31H34ClN3O5S. The third-order valence-electron chi connectivity index (χ3n) is 9.90. The lowest BCUT2D eigenvalue weighted by Gasteiger charge is -2.56. The summed E-state index contributed by atoms with van der Waals surface area (Å²) in [5, 5.41) is 0.971. The monoisotopic (exact) mass is 595 g/mol. The third-order valence-corrected chi connectivity index (χ3v) is 11.7. The summed E-state index contributed by atoms with van der Waals surface area (Å²) >= 11 is 6.05. The fourth-order valence-electron chi connectivity index (χ4n) is 8.74. The lowest BCUT2D eigenvalue weighted by Crippen LogP contribution is -2.59. The molecule has 216 valence electrons. The number of hydrogen-bond acceptors (Lipinski definition) is 5. The number of amides is 1. The third kappa shape index (κ3) is 4.48. The van der Waals surface area contributed by atoms with Gasteiger partial charge in [0.25, 0.3) is 0 Å². The van der Waals surface area contributed by atoms with Crippen LogP contribution in [-0.2, 0) is 30.8 Å². The highest BCUT2D eigenvalue weighted by molar-refractivity contribution is 7.89. The fourth-order valence-corrected chi connectivity index (χ4v) is 10.3. The largest absolute Gasteiger partial charge is 0.467 e. The second-order valence-electron chi connectivity index (χ2n) is 12.5. The number of para-hydroxylation sites is 1. The van der Waals surface area contributed by atoms with Crippen LogP contribution >= 0.6 is 11.6 Å². The summed E-state index contributed by atoms with van der Waals surface area (Å²) in [5.74, 6) is 0.630. The van der Waals surface area contributed by atoms with E-state index in [1.54, 1.807) is 24.3 Å². The molecule has 0 radical (unpaired) electrons. The van der Waals surface area contributed by atoms with Crippen LogP contribution in [0.2, 0.25) is 0 Å². The highest BCUT2D eigenvalue weighted by Crippen LogP contribution is 2.56. The number of nitrogens with one attached hydrogen (secondary N) is 2. The highest BCUT2D eigenvalue weighted by atomic mass is 35.5. The van der Waals surface area contributed by atoms with Crippen LogP contribution < -0.4 is 4.72 Å². The van der Waals surface area contributed by atoms with Crippen molar-refractivity contribution >= 4 is 44.4 Å². The number of carbonyl (C=O) groups is 2. The van der Waals surface area contributed by atoms with E-state index in [1.165, 1.54) is 31.3 Å². The number of hydrogen-bond donors (Lipinski definition) is 2. The molecule has 2 heterocycles. The van der Waals surface area contributed by atoms with Gasteiger partial charge in [0.2, 0.25) is 15.9 Å². The van der Waals surface area contributed by atoms with Gasteiger partial charge in [0.1, 0.15) is 11.9 Å². The molecule has 5 aliphatic rings. The molecule has 2 N–H and O–H groups in total. The first-order valence-electron chi connectivity index (χ1n) is 14.4. The zero-order valence-electron chi connectivity index (χ0n) is 22.9. The summed E-state index contributed by atoms with van der Waals surface area (Å²) in [6, 6.07) is 12.9. The van der Waals surface area contributed by atoms with Crippen LogP contribution in [0.25, 0.3) is 10.9 Å². The minimum atomic E-state index is -3.75. The van der Waals surface area contributed by atoms with Crippen LogP contribution in [0.1, 0.15) is 61.4 Å². The summed E-state index contributed by atoms with van der Waals surface area (Å²) in [4.78, 5) is 31.4. The zero-order valence-corrected chi connectivity index (χ0v) is 24.5. The zero-order chi connectivity index (χ0) is 28.5. The molecule has 1 aliphatic heterocycles. The normalized spacial score (nSPS) is 30.4. The number of methoxy groups -OCH3 is 1. The quantitative estimate of drug-likeness (QED) is 0.318. The number of sulfonamides is 1. The Hall–Kier alpha value is -2.88. The molecule has 2 atom stereocenters. The Morgan fingerprint density at radius 2 is 1.66 bits per heavy atom. The van der Waals surface area contributed by atoms with E-state index in [0.29, 0.717) is 23.3 Å². The van der Waals surface area contributed by atoms with Crippen molar-refractivity contribution in [3.05, 3.63) is 65.4 Å². The number of carbonyl (C=O) groups excluding carboxylic acids is 2. The number of ether oxygens (including phenoxy) is 1. The Morgan fingerprint density at radius 3 is 2.27 bits per heavy atom. The molecule has 4 saturated carbocycles. The molecule has 3 aromatic rings. The average Bonchev–Trinajstić information content (AvgIpc) is 3.32. The van der Waals surface area contributed by atoms with Crippen molar-refractivity contribution in [1.29, 1.82) is 0 Å². The lowest BCUT2D eigenvalue weighted by atomic mass is 9.53. The van der Waals surface area contributed by atoms with Crippen LogP contribution in [0.4, 0.5) is 0 Å². The van der Waals surface area contributed by atoms with Crippen LogP contribution in [0.15, 0.2) is 53.4 Å². The number of aromatic nitrogens is 1. The Labute approximate surface area is 244 Å². The van der Waals surface area contributed by atoms with Gasteiger partial charge in [0, 0.05) is 28.6 Å². The molecule has 1 aromatic heterocycles. The van der Waals surface area contributed by atoms with Gasteiger partial charge in [-0.2, -0.15) is 0 Å². The maximum atomic E-state index is 13.7. The number of nitrogens with zero attached hydrogens (tertiary/aromatic N) is 1. The summed E-state index contributed by atoms with van der Waals surface area (Å²) in [5.41, 5.74) is 2.95. The maximum absolute atomic E-state index is 13.7. The summed E-state index contributed by atoms with van der Waals surface area (Å²) in [6.45, 7) is 0. The van der Waals surface area contributed by atoms with Gasteiger partial charge in [0.05, 0.1) is 18.0 Å². The van der Waals surface area contributed by atoms with Crippen molar-refractivity contribution in [2.75, 3.05) is 13.0 Å². The van der Waals surface area contributed by atoms with Crippen molar-refractivity contribution in [1.82, 2.24) is 14.6 Å². The number of benzene rings is 2. The molecule has 8 nitrogen and oxygen atoms in total. The van der Waals surface area contributed by atoms with Gasteiger partial charge < -0.3 is 14.6 Å². The van der Waals surface area contributed by atoms with E-state index in [9.17, 15) is 18.0 Å². The van der Waals surface area contributed by atoms with Crippen LogP contribution in [-0.4, -0.2) is 54.7 Å². The Kier molecular flexibility index (Phi) is 6.48. The lowest BCUT2D eigenvalue weighted by molar-refractivity contribution is -0.154. The van der Waals surface area contributed by atoms with Gasteiger partial charge in [-0.25, -0.2) is 17.9 Å². The van der Waals surface area contributed by atoms with E-state index in [2.05, 4.69) is 9.71 Å². The second-order valence-corrected chi connectivity index (χ2v) is 14.5. The van der Waals surface area contributed by atoms with Gasteiger partial charge >= 0.3 is 5.97 Å². The first-order chi connectivity index (χ1) is 19.7. The first kappa shape index (κ1) is 27.0. The van der Waals surface area contributed by atoms with Crippen molar-refractivity contribution < 1.29 is 22.7 Å². The van der Waals surface area contributed by atoms with E-state index >= 15 is 0 Å². The Morgan fingerprint density at radius 1 is 1.02 bits per heavy atom. The molecule has 4 aliphatic carbocycles. The topological polar surface area (TPSA) is 109 Å². The maximum Gasteiger partial charge on any atom is 0.328 e. The predicted molar refractivity (Wildman–Crippen MR) is 155 cm³/mol. The molecule has 0 spiro atoms. The summed E-state index contributed by atoms with van der Waals surface area (Å²) in [7, 11) is -2.44. The van der Waals surface area contributed by atoms with Crippen LogP contribution in [0, 0.1) is 17.8 Å². The molecule has 0 unspecified atom stereocenters. The number of aromatic amines is 1. The Bertz CT molecular complexity index is 1600. The number of fused-ring (bicyclic) bond motifs is 3. The number of halogens is 1. The van der Waals surface area contributed by atoms with Gasteiger partial charge in [-0.15, -0.1) is 11.6 Å². The van der Waals surface area contributed by atoms with Gasteiger partial charge in [-0.1, -0.05) is 30.3 Å². The minimum Gasteiger partial charge on any atom is -0.467 e. The molecule has 2 aromatic carbocycles. The number of H-pyrrole nitrogens is 1. The van der Waals surface area contributed by atoms with Crippen LogP contribution in [0.5, 0.6) is 0 Å². The molecule has 10 heteroatoms. The smallest absolute Gasteiger partial charge is 0.328 e. The van der Waals surface area contributed by atoms with Crippen molar-refractivity contribution in [3.63, 3.8) is 0 Å². The van der Waals surface area contributed by atoms with E-state index in [-0.39, 0.29) is 22.7 Å². The molecular weight excluding hydrogens is 562 g/mol. The molecule has 1 amide bonds. The molecule has 41 heavy (non-hydrogen) atoms. The Balaban J connectivity index is 1.26. The molecule has 4 bridgehead atoms. The van der Waals surface area contributed by atoms with Gasteiger partial charge in [-0.05, 0) is 85.6 Å². The van der Waals surface area contributed by atoms with Crippen molar-refractivity contribution in [3.8, 4) is 0 Å². The van der Waals surface area contributed by atoms with Gasteiger partial charge in [-0.3, -0.25) is 4.79 Å². The van der Waals surface area contributed by atoms with E-state index in [0.717, 1.165) is 41.4 Å². The first-order valence-corrected chi connectivity index (χ1v) is 16.4. The van der Waals surface area contributed by atoms with E-state index in [1.807, 2.05) is 24.3 Å². The average molecular weight is 596 g/mol. The second kappa shape index (κ2) is 9.85. The number of esters is 1. The standard InChI is InChI=1S/C31H34ClN3O5S/c1-40-30(37)26-13-24-23-4-2-3-5-25(23)33-28(24)29(35(26)27(36)17-32)21-6-8-22(9-7-21)41(38,39)34-31-14-18-10-19(15-31)12-20(11-18)16-31/h2-9,18-20,26,29,33-34H,10-17H2,1H3/t18-,19+,20-,26-,29+,31-/m1/s1. The van der Waals surface area contributed by atoms with E-state index < -0.39 is 34.0 Å². The molecule has 4 fully saturated rings. The number of alkyl halides is 1.